The molecular weight excluding hydrogens is 360 g/mol. The van der Waals surface area contributed by atoms with Gasteiger partial charge in [-0.05, 0) is 49.4 Å². The zero-order valence-electron chi connectivity index (χ0n) is 15.4. The smallest absolute Gasteiger partial charge is 0.262 e. The maximum Gasteiger partial charge on any atom is 0.262 e. The van der Waals surface area contributed by atoms with Crippen LogP contribution in [0.2, 0.25) is 0 Å². The van der Waals surface area contributed by atoms with Crippen molar-refractivity contribution in [2.75, 3.05) is 13.1 Å². The lowest BCUT2D eigenvalue weighted by atomic mass is 9.69. The first-order chi connectivity index (χ1) is 13.5. The highest BCUT2D eigenvalue weighted by Gasteiger charge is 2.49. The van der Waals surface area contributed by atoms with Gasteiger partial charge in [0.05, 0.1) is 11.1 Å². The Morgan fingerprint density at radius 2 is 1.93 bits per heavy atom. The number of benzene rings is 1. The van der Waals surface area contributed by atoms with Gasteiger partial charge in [-0.25, -0.2) is 0 Å². The van der Waals surface area contributed by atoms with Gasteiger partial charge < -0.3 is 10.6 Å². The van der Waals surface area contributed by atoms with E-state index in [1.807, 2.05) is 6.07 Å². The van der Waals surface area contributed by atoms with Crippen LogP contribution in [-0.4, -0.2) is 53.2 Å². The second kappa shape index (κ2) is 6.22. The van der Waals surface area contributed by atoms with Gasteiger partial charge in [-0.2, -0.15) is 0 Å². The van der Waals surface area contributed by atoms with Crippen LogP contribution in [0.3, 0.4) is 0 Å². The number of carbonyl (C=O) groups excluding carboxylic acids is 4. The number of carbonyl (C=O) groups is 4. The van der Waals surface area contributed by atoms with E-state index in [2.05, 4.69) is 16.0 Å². The number of hydrogen-bond donors (Lipinski definition) is 3. The van der Waals surface area contributed by atoms with E-state index in [9.17, 15) is 19.2 Å². The average Bonchev–Trinajstić information content (AvgIpc) is 3.08. The monoisotopic (exact) mass is 382 g/mol. The largest absolute Gasteiger partial charge is 0.315 e. The standard InChI is InChI=1S/C20H22N4O4/c25-16-4-3-15(17(26)23-16)24-18(27)13-2-1-11(7-14(13)19(24)28)8-22-20-6-5-12(20)9-21-10-20/h1-2,7,12,15,21-22H,3-6,8-10H2,(H,23,25,26)/t12-,15?,20-/m0/s1. The minimum Gasteiger partial charge on any atom is -0.315 e. The Hall–Kier alpha value is -2.58. The number of nitrogens with one attached hydrogen (secondary N) is 3. The number of fused-ring (bicyclic) bond motifs is 2. The molecule has 3 N–H and O–H groups in total. The SMILES string of the molecule is O=C1CCC(N2C(=O)c3ccc(CN[C@]45CC[C@H]4CNC5)cc3C2=O)C(=O)N1. The molecule has 5 rings (SSSR count). The molecule has 8 nitrogen and oxygen atoms in total. The fraction of sp³-hybridized carbons (Fsp3) is 0.500. The van der Waals surface area contributed by atoms with Crippen LogP contribution in [0.25, 0.3) is 0 Å². The summed E-state index contributed by atoms with van der Waals surface area (Å²) in [5.74, 6) is -1.23. The topological polar surface area (TPSA) is 108 Å². The lowest BCUT2D eigenvalue weighted by molar-refractivity contribution is -0.136. The quantitative estimate of drug-likeness (QED) is 0.630. The molecule has 0 aromatic heterocycles. The van der Waals surface area contributed by atoms with Crippen LogP contribution >= 0.6 is 0 Å². The number of hydrogen-bond acceptors (Lipinski definition) is 6. The van der Waals surface area contributed by atoms with Gasteiger partial charge in [0.2, 0.25) is 11.8 Å². The van der Waals surface area contributed by atoms with Crippen molar-refractivity contribution >= 4 is 23.6 Å². The summed E-state index contributed by atoms with van der Waals surface area (Å²) in [5, 5.41) is 9.29. The Balaban J connectivity index is 1.34. The Labute approximate surface area is 162 Å². The Bertz CT molecular complexity index is 913. The second-order valence-corrected chi connectivity index (χ2v) is 8.20. The van der Waals surface area contributed by atoms with Crippen LogP contribution in [0, 0.1) is 5.92 Å². The van der Waals surface area contributed by atoms with Gasteiger partial charge in [0, 0.05) is 25.0 Å². The zero-order valence-corrected chi connectivity index (χ0v) is 15.4. The molecule has 3 heterocycles. The van der Waals surface area contributed by atoms with Gasteiger partial charge >= 0.3 is 0 Å². The molecule has 0 bridgehead atoms. The van der Waals surface area contributed by atoms with E-state index in [0.717, 1.165) is 30.0 Å². The van der Waals surface area contributed by atoms with Crippen molar-refractivity contribution in [1.29, 1.82) is 0 Å². The van der Waals surface area contributed by atoms with Crippen molar-refractivity contribution in [1.82, 2.24) is 20.9 Å². The van der Waals surface area contributed by atoms with Crippen molar-refractivity contribution in [3.63, 3.8) is 0 Å². The fourth-order valence-corrected chi connectivity index (χ4v) is 4.90. The summed E-state index contributed by atoms with van der Waals surface area (Å²) in [5.41, 5.74) is 1.75. The summed E-state index contributed by atoms with van der Waals surface area (Å²) in [6.45, 7) is 2.64. The zero-order chi connectivity index (χ0) is 19.5. The number of amides is 4. The van der Waals surface area contributed by atoms with E-state index in [4.69, 9.17) is 0 Å². The summed E-state index contributed by atoms with van der Waals surface area (Å²) in [7, 11) is 0. The highest BCUT2D eigenvalue weighted by Crippen LogP contribution is 2.41. The molecular formula is C20H22N4O4. The summed E-state index contributed by atoms with van der Waals surface area (Å²) in [4.78, 5) is 50.1. The minimum atomic E-state index is -0.925. The Morgan fingerprint density at radius 3 is 2.64 bits per heavy atom. The molecule has 1 aromatic rings. The molecule has 0 radical (unpaired) electrons. The van der Waals surface area contributed by atoms with E-state index in [1.54, 1.807) is 12.1 Å². The first-order valence-electron chi connectivity index (χ1n) is 9.79. The molecule has 146 valence electrons. The van der Waals surface area contributed by atoms with Crippen molar-refractivity contribution in [2.45, 2.75) is 43.8 Å². The summed E-state index contributed by atoms with van der Waals surface area (Å²) < 4.78 is 0. The summed E-state index contributed by atoms with van der Waals surface area (Å²) >= 11 is 0. The van der Waals surface area contributed by atoms with Crippen LogP contribution in [-0.2, 0) is 16.1 Å². The fourth-order valence-electron chi connectivity index (χ4n) is 4.90. The predicted molar refractivity (Wildman–Crippen MR) is 98.3 cm³/mol. The molecule has 4 aliphatic rings. The van der Waals surface area contributed by atoms with E-state index in [0.29, 0.717) is 23.6 Å². The van der Waals surface area contributed by atoms with Crippen LogP contribution in [0.4, 0.5) is 0 Å². The Morgan fingerprint density at radius 1 is 1.11 bits per heavy atom. The van der Waals surface area contributed by atoms with Crippen molar-refractivity contribution in [3.05, 3.63) is 34.9 Å². The molecule has 1 aromatic carbocycles. The van der Waals surface area contributed by atoms with Crippen LogP contribution in [0.5, 0.6) is 0 Å². The third kappa shape index (κ3) is 2.51. The van der Waals surface area contributed by atoms with Crippen molar-refractivity contribution < 1.29 is 19.2 Å². The lowest BCUT2D eigenvalue weighted by Crippen LogP contribution is -2.57. The molecule has 1 unspecified atom stereocenters. The van der Waals surface area contributed by atoms with Gasteiger partial charge in [0.15, 0.2) is 0 Å². The number of imide groups is 2. The molecule has 1 aliphatic carbocycles. The van der Waals surface area contributed by atoms with Crippen molar-refractivity contribution in [3.8, 4) is 0 Å². The van der Waals surface area contributed by atoms with Gasteiger partial charge in [0.25, 0.3) is 11.8 Å². The van der Waals surface area contributed by atoms with Crippen LogP contribution in [0.1, 0.15) is 52.0 Å². The highest BCUT2D eigenvalue weighted by molar-refractivity contribution is 6.23. The maximum absolute atomic E-state index is 12.9. The lowest BCUT2D eigenvalue weighted by Gasteiger charge is -2.45. The molecule has 3 aliphatic heterocycles. The van der Waals surface area contributed by atoms with Gasteiger partial charge in [-0.15, -0.1) is 0 Å². The molecule has 8 heteroatoms. The highest BCUT2D eigenvalue weighted by atomic mass is 16.2. The molecule has 0 spiro atoms. The van der Waals surface area contributed by atoms with E-state index < -0.39 is 23.8 Å². The van der Waals surface area contributed by atoms with Gasteiger partial charge in [-0.1, -0.05) is 6.07 Å². The predicted octanol–water partition coefficient (Wildman–Crippen LogP) is -0.0706. The first-order valence-corrected chi connectivity index (χ1v) is 9.79. The molecule has 3 atom stereocenters. The molecule has 3 fully saturated rings. The van der Waals surface area contributed by atoms with E-state index in [1.165, 1.54) is 6.42 Å². The molecule has 4 amide bonds. The van der Waals surface area contributed by atoms with Crippen molar-refractivity contribution in [2.24, 2.45) is 5.92 Å². The first kappa shape index (κ1) is 17.5. The minimum absolute atomic E-state index is 0.121. The van der Waals surface area contributed by atoms with E-state index >= 15 is 0 Å². The number of rotatable bonds is 4. The van der Waals surface area contributed by atoms with Gasteiger partial charge in [0.1, 0.15) is 6.04 Å². The normalized spacial score (nSPS) is 31.5. The molecule has 1 saturated carbocycles. The third-order valence-electron chi connectivity index (χ3n) is 6.70. The van der Waals surface area contributed by atoms with Crippen LogP contribution < -0.4 is 16.0 Å². The van der Waals surface area contributed by atoms with Crippen LogP contribution in [0.15, 0.2) is 18.2 Å². The average molecular weight is 382 g/mol. The second-order valence-electron chi connectivity index (χ2n) is 8.20. The third-order valence-corrected chi connectivity index (χ3v) is 6.70. The Kier molecular flexibility index (Phi) is 3.89. The summed E-state index contributed by atoms with van der Waals surface area (Å²) in [6.07, 6.45) is 2.67. The van der Waals surface area contributed by atoms with Gasteiger partial charge in [-0.3, -0.25) is 29.4 Å². The summed E-state index contributed by atoms with van der Waals surface area (Å²) in [6, 6.07) is 4.35. The van der Waals surface area contributed by atoms with E-state index in [-0.39, 0.29) is 24.3 Å². The maximum atomic E-state index is 12.9. The molecule has 28 heavy (non-hydrogen) atoms. The molecule has 2 saturated heterocycles. The number of piperidine rings is 1. The number of nitrogens with zero attached hydrogens (tertiary/aromatic N) is 1.